The molecular formula is C19H14N4OS. The molecule has 0 bridgehead atoms. The van der Waals surface area contributed by atoms with E-state index in [0.29, 0.717) is 11.1 Å². The standard InChI is InChI=1S/C19H14N4OS/c24-19(16-2-1-3-17-18(16)23-25-22-17)21-15-6-4-13(5-7-15)12-14-8-10-20-11-9-14/h1-11H,12H2,(H,21,24). The van der Waals surface area contributed by atoms with Crippen molar-refractivity contribution in [2.45, 2.75) is 6.42 Å². The van der Waals surface area contributed by atoms with Crippen molar-refractivity contribution in [2.24, 2.45) is 0 Å². The molecule has 2 aromatic carbocycles. The van der Waals surface area contributed by atoms with E-state index < -0.39 is 0 Å². The van der Waals surface area contributed by atoms with E-state index in [0.717, 1.165) is 29.4 Å². The van der Waals surface area contributed by atoms with Gasteiger partial charge in [-0.3, -0.25) is 9.78 Å². The van der Waals surface area contributed by atoms with Crippen LogP contribution in [-0.4, -0.2) is 19.6 Å². The lowest BCUT2D eigenvalue weighted by atomic mass is 10.1. The highest BCUT2D eigenvalue weighted by Gasteiger charge is 2.12. The number of pyridine rings is 1. The van der Waals surface area contributed by atoms with E-state index in [-0.39, 0.29) is 5.91 Å². The molecule has 5 nitrogen and oxygen atoms in total. The summed E-state index contributed by atoms with van der Waals surface area (Å²) in [7, 11) is 0. The van der Waals surface area contributed by atoms with Gasteiger partial charge in [-0.2, -0.15) is 8.75 Å². The van der Waals surface area contributed by atoms with E-state index in [1.54, 1.807) is 18.5 Å². The molecule has 0 atom stereocenters. The van der Waals surface area contributed by atoms with E-state index in [1.807, 2.05) is 48.5 Å². The lowest BCUT2D eigenvalue weighted by molar-refractivity contribution is 0.102. The summed E-state index contributed by atoms with van der Waals surface area (Å²) in [6.07, 6.45) is 4.41. The Morgan fingerprint density at radius 1 is 0.920 bits per heavy atom. The summed E-state index contributed by atoms with van der Waals surface area (Å²) in [5, 5.41) is 2.92. The SMILES string of the molecule is O=C(Nc1ccc(Cc2ccncc2)cc1)c1cccc2nsnc12. The minimum absolute atomic E-state index is 0.180. The molecule has 0 saturated heterocycles. The van der Waals surface area contributed by atoms with E-state index in [4.69, 9.17) is 0 Å². The number of aromatic nitrogens is 3. The fraction of sp³-hybridized carbons (Fsp3) is 0.0526. The molecule has 0 radical (unpaired) electrons. The highest BCUT2D eigenvalue weighted by Crippen LogP contribution is 2.19. The third kappa shape index (κ3) is 3.39. The first-order valence-corrected chi connectivity index (χ1v) is 8.53. The number of anilines is 1. The Labute approximate surface area is 148 Å². The van der Waals surface area contributed by atoms with Crippen LogP contribution in [0.1, 0.15) is 21.5 Å². The van der Waals surface area contributed by atoms with Gasteiger partial charge in [0.2, 0.25) is 0 Å². The Hall–Kier alpha value is -3.12. The molecule has 0 fully saturated rings. The van der Waals surface area contributed by atoms with Gasteiger partial charge in [-0.25, -0.2) is 0 Å². The van der Waals surface area contributed by atoms with Crippen LogP contribution < -0.4 is 5.32 Å². The summed E-state index contributed by atoms with van der Waals surface area (Å²) in [6.45, 7) is 0. The largest absolute Gasteiger partial charge is 0.322 e. The van der Waals surface area contributed by atoms with Gasteiger partial charge in [0.25, 0.3) is 5.91 Å². The van der Waals surface area contributed by atoms with E-state index in [2.05, 4.69) is 19.0 Å². The second kappa shape index (κ2) is 6.78. The minimum Gasteiger partial charge on any atom is -0.322 e. The molecule has 25 heavy (non-hydrogen) atoms. The number of hydrogen-bond acceptors (Lipinski definition) is 5. The van der Waals surface area contributed by atoms with E-state index in [1.165, 1.54) is 11.1 Å². The van der Waals surface area contributed by atoms with Gasteiger partial charge in [-0.15, -0.1) is 0 Å². The lowest BCUT2D eigenvalue weighted by Gasteiger charge is -2.07. The average Bonchev–Trinajstić information content (AvgIpc) is 3.13. The molecule has 1 N–H and O–H groups in total. The second-order valence-electron chi connectivity index (χ2n) is 5.62. The first-order chi connectivity index (χ1) is 12.3. The van der Waals surface area contributed by atoms with Crippen LogP contribution in [0.4, 0.5) is 5.69 Å². The van der Waals surface area contributed by atoms with Crippen LogP contribution in [0.3, 0.4) is 0 Å². The number of fused-ring (bicyclic) bond motifs is 1. The van der Waals surface area contributed by atoms with Gasteiger partial charge in [0, 0.05) is 18.1 Å². The smallest absolute Gasteiger partial charge is 0.257 e. The van der Waals surface area contributed by atoms with Crippen molar-refractivity contribution in [1.82, 2.24) is 13.7 Å². The van der Waals surface area contributed by atoms with Gasteiger partial charge in [-0.1, -0.05) is 18.2 Å². The number of nitrogens with zero attached hydrogens (tertiary/aromatic N) is 3. The first-order valence-electron chi connectivity index (χ1n) is 7.80. The predicted octanol–water partition coefficient (Wildman–Crippen LogP) is 3.93. The number of hydrogen-bond donors (Lipinski definition) is 1. The predicted molar refractivity (Wildman–Crippen MR) is 98.9 cm³/mol. The van der Waals surface area contributed by atoms with Crippen LogP contribution in [0.25, 0.3) is 11.0 Å². The molecule has 4 rings (SSSR count). The number of carbonyl (C=O) groups excluding carboxylic acids is 1. The van der Waals surface area contributed by atoms with Crippen LogP contribution in [-0.2, 0) is 6.42 Å². The maximum atomic E-state index is 12.5. The van der Waals surface area contributed by atoms with Crippen molar-refractivity contribution < 1.29 is 4.79 Å². The van der Waals surface area contributed by atoms with Crippen LogP contribution in [0.2, 0.25) is 0 Å². The summed E-state index contributed by atoms with van der Waals surface area (Å²) in [5.41, 5.74) is 5.05. The molecule has 0 aliphatic carbocycles. The summed E-state index contributed by atoms with van der Waals surface area (Å²) >= 11 is 1.11. The van der Waals surface area contributed by atoms with Gasteiger partial charge in [-0.05, 0) is 53.9 Å². The van der Waals surface area contributed by atoms with Crippen molar-refractivity contribution in [2.75, 3.05) is 5.32 Å². The monoisotopic (exact) mass is 346 g/mol. The normalized spacial score (nSPS) is 10.7. The summed E-state index contributed by atoms with van der Waals surface area (Å²) in [5.74, 6) is -0.180. The fourth-order valence-electron chi connectivity index (χ4n) is 2.63. The summed E-state index contributed by atoms with van der Waals surface area (Å²) < 4.78 is 8.37. The van der Waals surface area contributed by atoms with Gasteiger partial charge >= 0.3 is 0 Å². The zero-order valence-electron chi connectivity index (χ0n) is 13.2. The summed E-state index contributed by atoms with van der Waals surface area (Å²) in [6, 6.07) is 17.3. The van der Waals surface area contributed by atoms with Gasteiger partial charge in [0.05, 0.1) is 17.3 Å². The molecule has 6 heteroatoms. The number of nitrogens with one attached hydrogen (secondary N) is 1. The lowest BCUT2D eigenvalue weighted by Crippen LogP contribution is -2.12. The molecule has 4 aromatic rings. The van der Waals surface area contributed by atoms with Crippen LogP contribution >= 0.6 is 11.7 Å². The fourth-order valence-corrected chi connectivity index (χ4v) is 3.18. The Bertz CT molecular complexity index is 1010. The topological polar surface area (TPSA) is 67.8 Å². The van der Waals surface area contributed by atoms with Crippen LogP contribution in [0.5, 0.6) is 0 Å². The molecule has 0 saturated carbocycles. The molecule has 2 heterocycles. The molecule has 0 unspecified atom stereocenters. The third-order valence-electron chi connectivity index (χ3n) is 3.90. The average molecular weight is 346 g/mol. The highest BCUT2D eigenvalue weighted by molar-refractivity contribution is 7.00. The molecule has 122 valence electrons. The van der Waals surface area contributed by atoms with E-state index in [9.17, 15) is 4.79 Å². The van der Waals surface area contributed by atoms with Gasteiger partial charge in [0.1, 0.15) is 11.0 Å². The second-order valence-corrected chi connectivity index (χ2v) is 6.15. The molecule has 0 aliphatic rings. The quantitative estimate of drug-likeness (QED) is 0.608. The maximum absolute atomic E-state index is 12.5. The number of benzene rings is 2. The zero-order chi connectivity index (χ0) is 17.1. The molecule has 0 aliphatic heterocycles. The van der Waals surface area contributed by atoms with Gasteiger partial charge in [0.15, 0.2) is 0 Å². The van der Waals surface area contributed by atoms with Crippen molar-refractivity contribution in [3.05, 3.63) is 83.7 Å². The molecule has 2 aromatic heterocycles. The molecule has 1 amide bonds. The van der Waals surface area contributed by atoms with Crippen molar-refractivity contribution >= 4 is 34.4 Å². The maximum Gasteiger partial charge on any atom is 0.257 e. The van der Waals surface area contributed by atoms with E-state index >= 15 is 0 Å². The highest BCUT2D eigenvalue weighted by atomic mass is 32.1. The minimum atomic E-state index is -0.180. The Balaban J connectivity index is 1.49. The van der Waals surface area contributed by atoms with Crippen molar-refractivity contribution in [3.8, 4) is 0 Å². The molecule has 0 spiro atoms. The Kier molecular flexibility index (Phi) is 4.18. The Morgan fingerprint density at radius 2 is 1.68 bits per heavy atom. The van der Waals surface area contributed by atoms with Crippen molar-refractivity contribution in [3.63, 3.8) is 0 Å². The number of carbonyl (C=O) groups is 1. The van der Waals surface area contributed by atoms with Gasteiger partial charge < -0.3 is 5.32 Å². The first kappa shape index (κ1) is 15.4. The van der Waals surface area contributed by atoms with Crippen LogP contribution in [0, 0.1) is 0 Å². The Morgan fingerprint density at radius 3 is 2.48 bits per heavy atom. The summed E-state index contributed by atoms with van der Waals surface area (Å²) in [4.78, 5) is 16.5. The molecular weight excluding hydrogens is 332 g/mol. The zero-order valence-corrected chi connectivity index (χ0v) is 14.0. The number of amides is 1. The third-order valence-corrected chi connectivity index (χ3v) is 4.44. The van der Waals surface area contributed by atoms with Crippen LogP contribution in [0.15, 0.2) is 67.0 Å². The number of rotatable bonds is 4. The van der Waals surface area contributed by atoms with Crippen molar-refractivity contribution in [1.29, 1.82) is 0 Å².